The van der Waals surface area contributed by atoms with Crippen molar-refractivity contribution in [2.75, 3.05) is 5.32 Å². The van der Waals surface area contributed by atoms with Gasteiger partial charge in [-0.25, -0.2) is 9.37 Å². The number of halogens is 3. The van der Waals surface area contributed by atoms with Gasteiger partial charge in [0.15, 0.2) is 0 Å². The first-order valence-corrected chi connectivity index (χ1v) is 9.48. The Kier molecular flexibility index (Phi) is 6.81. The lowest BCUT2D eigenvalue weighted by molar-refractivity contribution is 0.101. The summed E-state index contributed by atoms with van der Waals surface area (Å²) in [4.78, 5) is 21.6. The number of aromatic nitrogens is 4. The summed E-state index contributed by atoms with van der Waals surface area (Å²) in [6.07, 6.45) is 5.19. The molecular weight excluding hydrogens is 452 g/mol. The molecule has 32 heavy (non-hydrogen) atoms. The number of fused-ring (bicyclic) bond motifs is 2. The summed E-state index contributed by atoms with van der Waals surface area (Å²) >= 11 is 0. The number of rotatable bonds is 4. The lowest BCUT2D eigenvalue weighted by Crippen LogP contribution is -2.17. The molecule has 0 fully saturated rings. The highest BCUT2D eigenvalue weighted by molar-refractivity contribution is 6.07. The highest BCUT2D eigenvalue weighted by Gasteiger charge is 2.17. The van der Waals surface area contributed by atoms with Gasteiger partial charge in [0, 0.05) is 42.6 Å². The van der Waals surface area contributed by atoms with Crippen molar-refractivity contribution in [3.05, 3.63) is 90.4 Å². The molecule has 3 aromatic heterocycles. The van der Waals surface area contributed by atoms with Crippen molar-refractivity contribution < 1.29 is 9.18 Å². The van der Waals surface area contributed by atoms with E-state index in [-0.39, 0.29) is 36.5 Å². The molecule has 0 saturated heterocycles. The average Bonchev–Trinajstić information content (AvgIpc) is 3.29. The molecule has 0 bridgehead atoms. The lowest BCUT2D eigenvalue weighted by Gasteiger charge is -2.11. The van der Waals surface area contributed by atoms with E-state index in [0.29, 0.717) is 23.3 Å². The van der Waals surface area contributed by atoms with Crippen molar-refractivity contribution in [2.24, 2.45) is 7.05 Å². The molecule has 0 unspecified atom stereocenters. The maximum absolute atomic E-state index is 13.8. The first-order chi connectivity index (χ1) is 14.6. The van der Waals surface area contributed by atoms with Crippen molar-refractivity contribution in [3.8, 4) is 0 Å². The number of imidazole rings is 1. The zero-order chi connectivity index (χ0) is 20.7. The number of nitrogens with zero attached hydrogens (tertiary/aromatic N) is 4. The van der Waals surface area contributed by atoms with Crippen LogP contribution in [0.1, 0.15) is 16.1 Å². The molecule has 164 valence electrons. The molecule has 9 heteroatoms. The third kappa shape index (κ3) is 4.30. The van der Waals surface area contributed by atoms with Gasteiger partial charge < -0.3 is 14.5 Å². The minimum atomic E-state index is -0.339. The predicted octanol–water partition coefficient (Wildman–Crippen LogP) is 5.21. The smallest absolute Gasteiger partial charge is 0.272 e. The summed E-state index contributed by atoms with van der Waals surface area (Å²) in [5.41, 5.74) is 4.60. The number of pyridine rings is 1. The van der Waals surface area contributed by atoms with Crippen LogP contribution in [-0.4, -0.2) is 25.0 Å². The quantitative estimate of drug-likeness (QED) is 0.391. The van der Waals surface area contributed by atoms with E-state index in [1.54, 1.807) is 30.9 Å². The van der Waals surface area contributed by atoms with E-state index in [4.69, 9.17) is 0 Å². The van der Waals surface area contributed by atoms with Gasteiger partial charge in [-0.3, -0.25) is 9.78 Å². The van der Waals surface area contributed by atoms with Crippen LogP contribution < -0.4 is 5.32 Å². The Balaban J connectivity index is 0.00000144. The molecule has 2 aromatic carbocycles. The Bertz CT molecular complexity index is 1400. The monoisotopic (exact) mass is 471 g/mol. The van der Waals surface area contributed by atoms with Crippen LogP contribution in [0.25, 0.3) is 21.9 Å². The summed E-state index contributed by atoms with van der Waals surface area (Å²) in [6, 6.07) is 15.6. The normalized spacial score (nSPS) is 10.6. The van der Waals surface area contributed by atoms with Gasteiger partial charge in [0.1, 0.15) is 11.5 Å². The fourth-order valence-electron chi connectivity index (χ4n) is 3.68. The zero-order valence-corrected chi connectivity index (χ0v) is 18.7. The van der Waals surface area contributed by atoms with Crippen molar-refractivity contribution in [3.63, 3.8) is 0 Å². The Hall–Kier alpha value is -3.42. The van der Waals surface area contributed by atoms with E-state index in [2.05, 4.69) is 15.3 Å². The summed E-state index contributed by atoms with van der Waals surface area (Å²) in [6.45, 7) is 0.449. The molecule has 0 spiro atoms. The second-order valence-corrected chi connectivity index (χ2v) is 7.19. The Labute approximate surface area is 195 Å². The maximum atomic E-state index is 13.8. The largest absolute Gasteiger partial charge is 0.334 e. The lowest BCUT2D eigenvalue weighted by atomic mass is 10.2. The molecule has 0 atom stereocenters. The van der Waals surface area contributed by atoms with Crippen LogP contribution in [0.5, 0.6) is 0 Å². The Morgan fingerprint density at radius 3 is 2.66 bits per heavy atom. The topological polar surface area (TPSA) is 64.7 Å². The number of nitrogens with one attached hydrogen (secondary N) is 1. The molecule has 1 N–H and O–H groups in total. The summed E-state index contributed by atoms with van der Waals surface area (Å²) in [5, 5.41) is 3.61. The third-order valence-corrected chi connectivity index (χ3v) is 5.14. The van der Waals surface area contributed by atoms with Crippen LogP contribution in [0.3, 0.4) is 0 Å². The van der Waals surface area contributed by atoms with Gasteiger partial charge >= 0.3 is 0 Å². The molecule has 6 nitrogen and oxygen atoms in total. The number of aryl methyl sites for hydroxylation is 1. The van der Waals surface area contributed by atoms with Gasteiger partial charge in [0.25, 0.3) is 5.91 Å². The van der Waals surface area contributed by atoms with Gasteiger partial charge in [-0.15, -0.1) is 24.8 Å². The van der Waals surface area contributed by atoms with Gasteiger partial charge in [0.2, 0.25) is 0 Å². The third-order valence-electron chi connectivity index (χ3n) is 5.14. The molecule has 3 heterocycles. The number of anilines is 1. The van der Waals surface area contributed by atoms with Gasteiger partial charge in [0.05, 0.1) is 17.4 Å². The molecule has 0 aliphatic carbocycles. The average molecular weight is 472 g/mol. The first kappa shape index (κ1) is 23.2. The number of hydrogen-bond acceptors (Lipinski definition) is 3. The first-order valence-electron chi connectivity index (χ1n) is 9.48. The van der Waals surface area contributed by atoms with Crippen molar-refractivity contribution >= 4 is 58.3 Å². The highest BCUT2D eigenvalue weighted by atomic mass is 35.5. The summed E-state index contributed by atoms with van der Waals surface area (Å²) < 4.78 is 17.6. The van der Waals surface area contributed by atoms with E-state index >= 15 is 0 Å². The minimum Gasteiger partial charge on any atom is -0.334 e. The molecule has 1 amide bonds. The fourth-order valence-corrected chi connectivity index (χ4v) is 3.68. The number of hydrogen-bond donors (Lipinski definition) is 1. The molecule has 5 aromatic rings. The molecular formula is C23H20Cl2FN5O. The van der Waals surface area contributed by atoms with E-state index < -0.39 is 0 Å². The van der Waals surface area contributed by atoms with Gasteiger partial charge in [-0.2, -0.15) is 0 Å². The highest BCUT2D eigenvalue weighted by Crippen LogP contribution is 2.24. The van der Waals surface area contributed by atoms with E-state index in [0.717, 1.165) is 22.1 Å². The Morgan fingerprint density at radius 2 is 1.88 bits per heavy atom. The molecule has 0 aliphatic rings. The summed E-state index contributed by atoms with van der Waals surface area (Å²) in [5.74, 6) is -0.612. The van der Waals surface area contributed by atoms with Crippen LogP contribution in [-0.2, 0) is 13.6 Å². The van der Waals surface area contributed by atoms with Crippen LogP contribution in [0, 0.1) is 5.82 Å². The molecule has 0 radical (unpaired) electrons. The number of benzene rings is 2. The Morgan fingerprint density at radius 1 is 1.06 bits per heavy atom. The number of amides is 1. The SMILES string of the molecule is Cl.Cl.Cn1cnc2cc(NC(=O)c3cc4cc(F)ccc4n3Cc3cccnc3)ccc21. The van der Waals surface area contributed by atoms with Gasteiger partial charge in [-0.1, -0.05) is 6.07 Å². The van der Waals surface area contributed by atoms with E-state index in [1.165, 1.54) is 12.1 Å². The fraction of sp³-hybridized carbons (Fsp3) is 0.0870. The standard InChI is InChI=1S/C23H18FN5O.2ClH/c1-28-14-26-19-11-18(5-7-21(19)28)27-23(30)22-10-16-9-17(24)4-6-20(16)29(22)13-15-3-2-8-25-12-15;;/h2-12,14H,13H2,1H3,(H,27,30);2*1H. The second-order valence-electron chi connectivity index (χ2n) is 7.19. The van der Waals surface area contributed by atoms with Crippen molar-refractivity contribution in [2.45, 2.75) is 6.54 Å². The number of carbonyl (C=O) groups is 1. The van der Waals surface area contributed by atoms with Crippen molar-refractivity contribution in [1.82, 2.24) is 19.1 Å². The summed E-state index contributed by atoms with van der Waals surface area (Å²) in [7, 11) is 1.92. The zero-order valence-electron chi connectivity index (χ0n) is 17.0. The number of carbonyl (C=O) groups excluding carboxylic acids is 1. The van der Waals surface area contributed by atoms with Gasteiger partial charge in [-0.05, 0) is 54.1 Å². The minimum absolute atomic E-state index is 0. The molecule has 0 aliphatic heterocycles. The van der Waals surface area contributed by atoms with Crippen LogP contribution in [0.2, 0.25) is 0 Å². The maximum Gasteiger partial charge on any atom is 0.272 e. The van der Waals surface area contributed by atoms with Crippen LogP contribution >= 0.6 is 24.8 Å². The molecule has 0 saturated carbocycles. The van der Waals surface area contributed by atoms with Crippen LogP contribution in [0.4, 0.5) is 10.1 Å². The predicted molar refractivity (Wildman–Crippen MR) is 128 cm³/mol. The van der Waals surface area contributed by atoms with E-state index in [9.17, 15) is 9.18 Å². The van der Waals surface area contributed by atoms with E-state index in [1.807, 2.05) is 46.5 Å². The van der Waals surface area contributed by atoms with Crippen molar-refractivity contribution in [1.29, 1.82) is 0 Å². The second kappa shape index (κ2) is 9.38. The molecule has 5 rings (SSSR count). The van der Waals surface area contributed by atoms with Crippen LogP contribution in [0.15, 0.2) is 73.3 Å².